The van der Waals surface area contributed by atoms with Gasteiger partial charge in [-0.2, -0.15) is 0 Å². The second kappa shape index (κ2) is 10.8. The molecule has 27 heavy (non-hydrogen) atoms. The third-order valence-electron chi connectivity index (χ3n) is 5.46. The fourth-order valence-electron chi connectivity index (χ4n) is 3.00. The van der Waals surface area contributed by atoms with Crippen molar-refractivity contribution in [3.8, 4) is 0 Å². The Kier molecular flexibility index (Phi) is 9.48. The second-order valence-corrected chi connectivity index (χ2v) is 8.33. The highest BCUT2D eigenvalue weighted by molar-refractivity contribution is 5.66. The molecule has 0 bridgehead atoms. The monoisotopic (exact) mass is 378 g/mol. The molecule has 0 radical (unpaired) electrons. The van der Waals surface area contributed by atoms with E-state index in [1.54, 1.807) is 0 Å². The SMILES string of the molecule is C=C(CC(O)C(C)=CCCC1(C)OC1CCC(C)=CCOC(C)=O)C(C)C. The highest BCUT2D eigenvalue weighted by atomic mass is 16.6. The average molecular weight is 379 g/mol. The van der Waals surface area contributed by atoms with Crippen molar-refractivity contribution in [2.75, 3.05) is 6.61 Å². The number of aliphatic hydroxyl groups is 1. The van der Waals surface area contributed by atoms with Crippen LogP contribution in [0.4, 0.5) is 0 Å². The highest BCUT2D eigenvalue weighted by Crippen LogP contribution is 2.43. The van der Waals surface area contributed by atoms with Crippen LogP contribution in [0.25, 0.3) is 0 Å². The van der Waals surface area contributed by atoms with E-state index >= 15 is 0 Å². The second-order valence-electron chi connectivity index (χ2n) is 8.33. The topological polar surface area (TPSA) is 59.1 Å². The Balaban J connectivity index is 2.31. The number of hydrogen-bond acceptors (Lipinski definition) is 4. The molecule has 0 aliphatic carbocycles. The molecule has 1 aliphatic rings. The summed E-state index contributed by atoms with van der Waals surface area (Å²) in [6.07, 6.45) is 8.38. The lowest BCUT2D eigenvalue weighted by Gasteiger charge is -2.16. The van der Waals surface area contributed by atoms with Crippen molar-refractivity contribution in [1.29, 1.82) is 0 Å². The molecule has 0 aromatic heterocycles. The summed E-state index contributed by atoms with van der Waals surface area (Å²) in [7, 11) is 0. The van der Waals surface area contributed by atoms with Crippen molar-refractivity contribution >= 4 is 5.97 Å². The number of allylic oxidation sites excluding steroid dienone is 2. The van der Waals surface area contributed by atoms with E-state index < -0.39 is 6.10 Å². The number of aliphatic hydroxyl groups excluding tert-OH is 1. The summed E-state index contributed by atoms with van der Waals surface area (Å²) >= 11 is 0. The molecule has 154 valence electrons. The van der Waals surface area contributed by atoms with Gasteiger partial charge in [0.2, 0.25) is 0 Å². The van der Waals surface area contributed by atoms with Crippen LogP contribution in [0.3, 0.4) is 0 Å². The van der Waals surface area contributed by atoms with E-state index in [1.807, 2.05) is 13.0 Å². The lowest BCUT2D eigenvalue weighted by molar-refractivity contribution is -0.139. The van der Waals surface area contributed by atoms with Crippen molar-refractivity contribution in [3.63, 3.8) is 0 Å². The summed E-state index contributed by atoms with van der Waals surface area (Å²) in [5.41, 5.74) is 3.27. The van der Waals surface area contributed by atoms with Gasteiger partial charge in [-0.15, -0.1) is 0 Å². The Labute approximate surface area is 165 Å². The Hall–Kier alpha value is -1.39. The maximum atomic E-state index is 10.8. The van der Waals surface area contributed by atoms with Gasteiger partial charge in [0.25, 0.3) is 0 Å². The van der Waals surface area contributed by atoms with Gasteiger partial charge in [-0.05, 0) is 70.4 Å². The first-order chi connectivity index (χ1) is 12.5. The molecular weight excluding hydrogens is 340 g/mol. The fraction of sp³-hybridized carbons (Fsp3) is 0.696. The maximum absolute atomic E-state index is 10.8. The number of esters is 1. The minimum Gasteiger partial charge on any atom is -0.462 e. The maximum Gasteiger partial charge on any atom is 0.302 e. The van der Waals surface area contributed by atoms with Gasteiger partial charge in [0.1, 0.15) is 6.61 Å². The molecule has 0 aromatic rings. The number of rotatable bonds is 12. The van der Waals surface area contributed by atoms with Gasteiger partial charge >= 0.3 is 5.97 Å². The first-order valence-electron chi connectivity index (χ1n) is 10.0. The molecule has 1 fully saturated rings. The predicted molar refractivity (Wildman–Crippen MR) is 110 cm³/mol. The molecule has 4 heteroatoms. The largest absolute Gasteiger partial charge is 0.462 e. The molecule has 3 atom stereocenters. The van der Waals surface area contributed by atoms with Crippen LogP contribution < -0.4 is 0 Å². The Morgan fingerprint density at radius 2 is 1.96 bits per heavy atom. The normalized spacial score (nSPS) is 24.1. The number of hydrogen-bond donors (Lipinski definition) is 1. The van der Waals surface area contributed by atoms with Crippen LogP contribution in [0.5, 0.6) is 0 Å². The van der Waals surface area contributed by atoms with E-state index in [4.69, 9.17) is 9.47 Å². The van der Waals surface area contributed by atoms with Gasteiger partial charge in [0.05, 0.1) is 17.8 Å². The van der Waals surface area contributed by atoms with Crippen LogP contribution in [0.1, 0.15) is 73.6 Å². The lowest BCUT2D eigenvalue weighted by Crippen LogP contribution is -2.12. The van der Waals surface area contributed by atoms with E-state index in [9.17, 15) is 9.90 Å². The number of ether oxygens (including phenoxy) is 2. The van der Waals surface area contributed by atoms with Crippen molar-refractivity contribution in [3.05, 3.63) is 35.5 Å². The van der Waals surface area contributed by atoms with Gasteiger partial charge in [0.15, 0.2) is 0 Å². The van der Waals surface area contributed by atoms with E-state index in [0.29, 0.717) is 18.9 Å². The van der Waals surface area contributed by atoms with Gasteiger partial charge in [-0.25, -0.2) is 0 Å². The van der Waals surface area contributed by atoms with Crippen molar-refractivity contribution < 1.29 is 19.4 Å². The predicted octanol–water partition coefficient (Wildman–Crippen LogP) is 5.12. The molecule has 0 spiro atoms. The van der Waals surface area contributed by atoms with Gasteiger partial charge in [-0.3, -0.25) is 4.79 Å². The van der Waals surface area contributed by atoms with E-state index in [0.717, 1.165) is 36.8 Å². The van der Waals surface area contributed by atoms with E-state index in [-0.39, 0.29) is 17.7 Å². The highest BCUT2D eigenvalue weighted by Gasteiger charge is 2.50. The van der Waals surface area contributed by atoms with Crippen LogP contribution >= 0.6 is 0 Å². The van der Waals surface area contributed by atoms with Crippen LogP contribution in [-0.2, 0) is 14.3 Å². The molecule has 1 aliphatic heterocycles. The molecular formula is C23H38O4. The summed E-state index contributed by atoms with van der Waals surface area (Å²) in [5, 5.41) is 10.3. The summed E-state index contributed by atoms with van der Waals surface area (Å²) in [6, 6.07) is 0. The van der Waals surface area contributed by atoms with E-state index in [1.165, 1.54) is 12.5 Å². The minimum atomic E-state index is -0.436. The van der Waals surface area contributed by atoms with Crippen LogP contribution in [0, 0.1) is 5.92 Å². The Morgan fingerprint density at radius 1 is 1.30 bits per heavy atom. The zero-order chi connectivity index (χ0) is 20.6. The van der Waals surface area contributed by atoms with Gasteiger partial charge in [-0.1, -0.05) is 37.6 Å². The summed E-state index contributed by atoms with van der Waals surface area (Å²) in [5.74, 6) is 0.151. The zero-order valence-corrected chi connectivity index (χ0v) is 18.0. The summed E-state index contributed by atoms with van der Waals surface area (Å²) in [4.78, 5) is 10.8. The molecule has 0 aromatic carbocycles. The standard InChI is InChI=1S/C23H38O4/c1-16(2)19(5)15-21(25)18(4)9-8-13-23(7)22(27-23)11-10-17(3)12-14-26-20(6)24/h9,12,16,21-22,25H,5,8,10-11,13-15H2,1-4,6-7H3. The molecule has 1 saturated heterocycles. The molecule has 1 rings (SSSR count). The molecule has 3 unspecified atom stereocenters. The smallest absolute Gasteiger partial charge is 0.302 e. The van der Waals surface area contributed by atoms with Crippen LogP contribution in [0.2, 0.25) is 0 Å². The molecule has 1 N–H and O–H groups in total. The van der Waals surface area contributed by atoms with E-state index in [2.05, 4.69) is 40.3 Å². The van der Waals surface area contributed by atoms with Crippen LogP contribution in [0.15, 0.2) is 35.5 Å². The van der Waals surface area contributed by atoms with Crippen molar-refractivity contribution in [1.82, 2.24) is 0 Å². The zero-order valence-electron chi connectivity index (χ0n) is 18.0. The number of epoxide rings is 1. The van der Waals surface area contributed by atoms with Crippen molar-refractivity contribution in [2.24, 2.45) is 5.92 Å². The number of carbonyl (C=O) groups excluding carboxylic acids is 1. The summed E-state index contributed by atoms with van der Waals surface area (Å²) < 4.78 is 10.8. The molecule has 0 amide bonds. The molecule has 0 saturated carbocycles. The minimum absolute atomic E-state index is 0.0561. The Morgan fingerprint density at radius 3 is 2.56 bits per heavy atom. The first kappa shape index (κ1) is 23.6. The summed E-state index contributed by atoms with van der Waals surface area (Å²) in [6.45, 7) is 16.2. The van der Waals surface area contributed by atoms with Crippen molar-refractivity contribution in [2.45, 2.75) is 91.5 Å². The lowest BCUT2D eigenvalue weighted by atomic mass is 9.94. The van der Waals surface area contributed by atoms with Gasteiger partial charge in [0, 0.05) is 6.92 Å². The third kappa shape index (κ3) is 8.89. The quantitative estimate of drug-likeness (QED) is 0.291. The average Bonchev–Trinajstić information content (AvgIpc) is 3.22. The number of carbonyl (C=O) groups is 1. The Bertz CT molecular complexity index is 573. The molecule has 4 nitrogen and oxygen atoms in total. The fourth-order valence-corrected chi connectivity index (χ4v) is 3.00. The van der Waals surface area contributed by atoms with Crippen LogP contribution in [-0.4, -0.2) is 35.5 Å². The third-order valence-corrected chi connectivity index (χ3v) is 5.46. The molecule has 1 heterocycles. The van der Waals surface area contributed by atoms with Gasteiger partial charge < -0.3 is 14.6 Å². The first-order valence-corrected chi connectivity index (χ1v) is 10.0.